The van der Waals surface area contributed by atoms with Crippen LogP contribution in [0.25, 0.3) is 0 Å². The second kappa shape index (κ2) is 7.97. The van der Waals surface area contributed by atoms with Crippen LogP contribution in [0, 0.1) is 18.3 Å². The zero-order chi connectivity index (χ0) is 15.8. The largest absolute Gasteiger partial charge is 0.480 e. The van der Waals surface area contributed by atoms with Crippen molar-refractivity contribution in [2.24, 2.45) is 0 Å². The Labute approximate surface area is 122 Å². The minimum absolute atomic E-state index is 0.0875. The Morgan fingerprint density at radius 1 is 1.52 bits per heavy atom. The van der Waals surface area contributed by atoms with Crippen LogP contribution in [0.15, 0.2) is 12.1 Å². The number of hydrogen-bond donors (Lipinski definition) is 2. The number of aromatic nitrogens is 1. The maximum absolute atomic E-state index is 12.0. The molecule has 2 N–H and O–H groups in total. The molecular formula is C14H17N3O4. The van der Waals surface area contributed by atoms with E-state index in [0.717, 1.165) is 0 Å². The Morgan fingerprint density at radius 2 is 2.24 bits per heavy atom. The first kappa shape index (κ1) is 16.6. The van der Waals surface area contributed by atoms with E-state index in [1.165, 1.54) is 19.2 Å². The summed E-state index contributed by atoms with van der Waals surface area (Å²) in [5.41, 5.74) is 0.891. The number of pyridine rings is 1. The highest BCUT2D eigenvalue weighted by Crippen LogP contribution is 2.06. The highest BCUT2D eigenvalue weighted by molar-refractivity contribution is 5.95. The van der Waals surface area contributed by atoms with Crippen LogP contribution in [0.3, 0.4) is 0 Å². The molecule has 1 aromatic heterocycles. The lowest BCUT2D eigenvalue weighted by Crippen LogP contribution is -2.41. The lowest BCUT2D eigenvalue weighted by Gasteiger charge is -2.14. The van der Waals surface area contributed by atoms with Crippen molar-refractivity contribution in [3.63, 3.8) is 0 Å². The lowest BCUT2D eigenvalue weighted by molar-refractivity contribution is -0.139. The molecule has 0 aliphatic rings. The molecule has 1 atom stereocenters. The molecule has 1 unspecified atom stereocenters. The van der Waals surface area contributed by atoms with E-state index in [1.54, 1.807) is 6.92 Å². The van der Waals surface area contributed by atoms with E-state index in [4.69, 9.17) is 15.1 Å². The van der Waals surface area contributed by atoms with Crippen molar-refractivity contribution >= 4 is 11.9 Å². The van der Waals surface area contributed by atoms with Gasteiger partial charge in [-0.1, -0.05) is 0 Å². The van der Waals surface area contributed by atoms with E-state index in [1.807, 2.05) is 6.07 Å². The van der Waals surface area contributed by atoms with E-state index in [2.05, 4.69) is 10.3 Å². The van der Waals surface area contributed by atoms with E-state index in [0.29, 0.717) is 24.3 Å². The van der Waals surface area contributed by atoms with Gasteiger partial charge in [-0.15, -0.1) is 0 Å². The number of carbonyl (C=O) groups excluding carboxylic acids is 1. The Bertz CT molecular complexity index is 566. The molecule has 1 heterocycles. The van der Waals surface area contributed by atoms with Crippen LogP contribution in [0.1, 0.15) is 34.6 Å². The molecular weight excluding hydrogens is 274 g/mol. The summed E-state index contributed by atoms with van der Waals surface area (Å²) in [7, 11) is 1.53. The number of carbonyl (C=O) groups is 2. The highest BCUT2D eigenvalue weighted by atomic mass is 16.5. The fourth-order valence-electron chi connectivity index (χ4n) is 1.73. The summed E-state index contributed by atoms with van der Waals surface area (Å²) in [4.78, 5) is 27.1. The zero-order valence-corrected chi connectivity index (χ0v) is 11.9. The fraction of sp³-hybridized carbons (Fsp3) is 0.429. The third-order valence-electron chi connectivity index (χ3n) is 2.88. The standard InChI is InChI=1S/C14H17N3O4/c1-9-10(8-15)5-6-11(16-9)13(18)17-12(14(19)20)4-3-7-21-2/h5-6,12H,3-4,7H2,1-2H3,(H,17,18)(H,19,20). The number of ether oxygens (including phenoxy) is 1. The topological polar surface area (TPSA) is 112 Å². The molecule has 0 fully saturated rings. The summed E-state index contributed by atoms with van der Waals surface area (Å²) >= 11 is 0. The number of rotatable bonds is 7. The average molecular weight is 291 g/mol. The molecule has 7 heteroatoms. The van der Waals surface area contributed by atoms with Gasteiger partial charge in [-0.05, 0) is 31.9 Å². The van der Waals surface area contributed by atoms with E-state index in [-0.39, 0.29) is 12.1 Å². The average Bonchev–Trinajstić information content (AvgIpc) is 2.45. The number of nitrogens with one attached hydrogen (secondary N) is 1. The number of aryl methyl sites for hydroxylation is 1. The third-order valence-corrected chi connectivity index (χ3v) is 2.88. The maximum Gasteiger partial charge on any atom is 0.326 e. The van der Waals surface area contributed by atoms with Crippen molar-refractivity contribution < 1.29 is 19.4 Å². The second-order valence-electron chi connectivity index (χ2n) is 4.44. The number of carboxylic acids is 1. The molecule has 0 spiro atoms. The number of methoxy groups -OCH3 is 1. The lowest BCUT2D eigenvalue weighted by atomic mass is 10.1. The molecule has 0 saturated heterocycles. The Balaban J connectivity index is 2.75. The smallest absolute Gasteiger partial charge is 0.326 e. The molecule has 0 aliphatic heterocycles. The maximum atomic E-state index is 12.0. The molecule has 21 heavy (non-hydrogen) atoms. The van der Waals surface area contributed by atoms with E-state index in [9.17, 15) is 9.59 Å². The molecule has 7 nitrogen and oxygen atoms in total. The second-order valence-corrected chi connectivity index (χ2v) is 4.44. The molecule has 1 aromatic rings. The first-order valence-corrected chi connectivity index (χ1v) is 6.40. The van der Waals surface area contributed by atoms with Gasteiger partial charge >= 0.3 is 5.97 Å². The summed E-state index contributed by atoms with van der Waals surface area (Å²) < 4.78 is 4.85. The van der Waals surface area contributed by atoms with Crippen LogP contribution in [-0.4, -0.2) is 41.7 Å². The van der Waals surface area contributed by atoms with Crippen LogP contribution in [0.4, 0.5) is 0 Å². The summed E-state index contributed by atoms with van der Waals surface area (Å²) in [6.07, 6.45) is 0.789. The van der Waals surface area contributed by atoms with Crippen molar-refractivity contribution in [2.45, 2.75) is 25.8 Å². The van der Waals surface area contributed by atoms with Crippen molar-refractivity contribution in [3.8, 4) is 6.07 Å². The number of amides is 1. The predicted molar refractivity (Wildman–Crippen MR) is 73.7 cm³/mol. The Kier molecular flexibility index (Phi) is 6.30. The van der Waals surface area contributed by atoms with Crippen molar-refractivity contribution in [3.05, 3.63) is 29.1 Å². The van der Waals surface area contributed by atoms with Crippen LogP contribution in [-0.2, 0) is 9.53 Å². The first-order valence-electron chi connectivity index (χ1n) is 6.40. The summed E-state index contributed by atoms with van der Waals surface area (Å²) in [5.74, 6) is -1.68. The van der Waals surface area contributed by atoms with Gasteiger partial charge < -0.3 is 15.2 Å². The van der Waals surface area contributed by atoms with Gasteiger partial charge in [-0.2, -0.15) is 5.26 Å². The minimum Gasteiger partial charge on any atom is -0.480 e. The summed E-state index contributed by atoms with van der Waals surface area (Å²) in [5, 5.41) is 20.3. The fourth-order valence-corrected chi connectivity index (χ4v) is 1.73. The number of aliphatic carboxylic acids is 1. The summed E-state index contributed by atoms with van der Waals surface area (Å²) in [6, 6.07) is 3.84. The van der Waals surface area contributed by atoms with Gasteiger partial charge in [-0.3, -0.25) is 4.79 Å². The predicted octanol–water partition coefficient (Wildman–Crippen LogP) is 0.871. The van der Waals surface area contributed by atoms with Crippen LogP contribution in [0.2, 0.25) is 0 Å². The van der Waals surface area contributed by atoms with E-state index >= 15 is 0 Å². The van der Waals surface area contributed by atoms with Crippen molar-refractivity contribution in [1.82, 2.24) is 10.3 Å². The normalized spacial score (nSPS) is 11.5. The quantitative estimate of drug-likeness (QED) is 0.721. The summed E-state index contributed by atoms with van der Waals surface area (Å²) in [6.45, 7) is 2.04. The zero-order valence-electron chi connectivity index (χ0n) is 11.9. The molecule has 0 saturated carbocycles. The number of nitrogens with zero attached hydrogens (tertiary/aromatic N) is 2. The molecule has 0 aliphatic carbocycles. The molecule has 1 rings (SSSR count). The SMILES string of the molecule is COCCCC(NC(=O)c1ccc(C#N)c(C)n1)C(=O)O. The third kappa shape index (κ3) is 4.85. The van der Waals surface area contributed by atoms with Gasteiger partial charge in [0.2, 0.25) is 0 Å². The monoisotopic (exact) mass is 291 g/mol. The molecule has 112 valence electrons. The Hall–Kier alpha value is -2.46. The first-order chi connectivity index (χ1) is 9.99. The van der Waals surface area contributed by atoms with Crippen molar-refractivity contribution in [1.29, 1.82) is 5.26 Å². The van der Waals surface area contributed by atoms with Crippen LogP contribution < -0.4 is 5.32 Å². The van der Waals surface area contributed by atoms with Gasteiger partial charge in [0.15, 0.2) is 0 Å². The van der Waals surface area contributed by atoms with Gasteiger partial charge in [0.1, 0.15) is 17.8 Å². The number of nitriles is 1. The molecule has 0 bridgehead atoms. The number of hydrogen-bond acceptors (Lipinski definition) is 5. The molecule has 0 radical (unpaired) electrons. The molecule has 1 amide bonds. The highest BCUT2D eigenvalue weighted by Gasteiger charge is 2.21. The number of carboxylic acid groups (broad SMARTS) is 1. The van der Waals surface area contributed by atoms with E-state index < -0.39 is 17.9 Å². The van der Waals surface area contributed by atoms with Gasteiger partial charge in [0.05, 0.1) is 11.3 Å². The van der Waals surface area contributed by atoms with Gasteiger partial charge in [-0.25, -0.2) is 9.78 Å². The van der Waals surface area contributed by atoms with Crippen LogP contribution >= 0.6 is 0 Å². The van der Waals surface area contributed by atoms with Gasteiger partial charge in [0, 0.05) is 13.7 Å². The molecule has 0 aromatic carbocycles. The van der Waals surface area contributed by atoms with Crippen molar-refractivity contribution in [2.75, 3.05) is 13.7 Å². The van der Waals surface area contributed by atoms with Gasteiger partial charge in [0.25, 0.3) is 5.91 Å². The minimum atomic E-state index is -1.11. The Morgan fingerprint density at radius 3 is 2.76 bits per heavy atom. The van der Waals surface area contributed by atoms with Crippen LogP contribution in [0.5, 0.6) is 0 Å².